The third-order valence-electron chi connectivity index (χ3n) is 7.33. The molecule has 1 N–H and O–H groups in total. The Hall–Kier alpha value is -4.05. The van der Waals surface area contributed by atoms with Gasteiger partial charge in [-0.1, -0.05) is 17.7 Å². The lowest BCUT2D eigenvalue weighted by Crippen LogP contribution is -2.53. The first-order valence-corrected chi connectivity index (χ1v) is 13.6. The maximum Gasteiger partial charge on any atom is 0.338 e. The highest BCUT2D eigenvalue weighted by Gasteiger charge is 2.40. The van der Waals surface area contributed by atoms with Crippen LogP contribution in [0.2, 0.25) is 0 Å². The number of urea groups is 1. The average Bonchev–Trinajstić information content (AvgIpc) is 2.97. The molecular formula is C30H38N4O6. The first-order chi connectivity index (χ1) is 19.3. The molecule has 1 atom stereocenters. The van der Waals surface area contributed by atoms with Gasteiger partial charge in [-0.05, 0) is 45.0 Å². The lowest BCUT2D eigenvalue weighted by atomic mass is 9.93. The highest BCUT2D eigenvalue weighted by Crippen LogP contribution is 2.38. The van der Waals surface area contributed by atoms with Gasteiger partial charge in [0.2, 0.25) is 0 Å². The van der Waals surface area contributed by atoms with Gasteiger partial charge in [-0.2, -0.15) is 0 Å². The molecule has 0 radical (unpaired) electrons. The van der Waals surface area contributed by atoms with Gasteiger partial charge in [0.1, 0.15) is 11.5 Å². The lowest BCUT2D eigenvalue weighted by Gasteiger charge is -2.40. The van der Waals surface area contributed by atoms with Gasteiger partial charge < -0.3 is 24.4 Å². The number of nitrogens with one attached hydrogen (secondary N) is 1. The molecule has 2 heterocycles. The number of likely N-dealkylation sites (N-methyl/N-ethyl adjacent to an activating group) is 1. The highest BCUT2D eigenvalue weighted by molar-refractivity contribution is 5.96. The molecule has 10 nitrogen and oxygen atoms in total. The Labute approximate surface area is 235 Å². The van der Waals surface area contributed by atoms with Crippen LogP contribution in [0.3, 0.4) is 0 Å². The number of nitrogens with zero attached hydrogens (tertiary/aromatic N) is 3. The topological polar surface area (TPSA) is 101 Å². The van der Waals surface area contributed by atoms with Crippen molar-refractivity contribution in [2.24, 2.45) is 0 Å². The summed E-state index contributed by atoms with van der Waals surface area (Å²) in [5, 5.41) is 2.98. The molecule has 1 unspecified atom stereocenters. The summed E-state index contributed by atoms with van der Waals surface area (Å²) < 4.78 is 16.4. The van der Waals surface area contributed by atoms with Crippen molar-refractivity contribution in [1.29, 1.82) is 0 Å². The zero-order valence-corrected chi connectivity index (χ0v) is 23.9. The van der Waals surface area contributed by atoms with Gasteiger partial charge in [0.25, 0.3) is 5.91 Å². The summed E-state index contributed by atoms with van der Waals surface area (Å²) >= 11 is 0. The first kappa shape index (κ1) is 28.9. The van der Waals surface area contributed by atoms with Crippen molar-refractivity contribution in [3.63, 3.8) is 0 Å². The summed E-state index contributed by atoms with van der Waals surface area (Å²) in [6, 6.07) is 11.8. The first-order valence-electron chi connectivity index (χ1n) is 13.6. The highest BCUT2D eigenvalue weighted by atomic mass is 16.5. The predicted octanol–water partition coefficient (Wildman–Crippen LogP) is 3.37. The van der Waals surface area contributed by atoms with Crippen LogP contribution in [0.25, 0.3) is 0 Å². The third kappa shape index (κ3) is 6.07. The Bertz CT molecular complexity index is 1270. The fourth-order valence-corrected chi connectivity index (χ4v) is 5.15. The SMILES string of the molecule is CCOC(=O)C1=C(CN2CCN(C(=O)c3ccc(C)cc3)CC2)N(CC)C(=O)NC1c1ccc(OC)cc1OC. The monoisotopic (exact) mass is 550 g/mol. The molecule has 2 aliphatic heterocycles. The van der Waals surface area contributed by atoms with Crippen LogP contribution >= 0.6 is 0 Å². The van der Waals surface area contributed by atoms with Crippen LogP contribution in [0.5, 0.6) is 11.5 Å². The number of hydrogen-bond donors (Lipinski definition) is 1. The number of amides is 3. The van der Waals surface area contributed by atoms with Crippen LogP contribution < -0.4 is 14.8 Å². The molecule has 2 aliphatic rings. The van der Waals surface area contributed by atoms with E-state index < -0.39 is 12.0 Å². The van der Waals surface area contributed by atoms with E-state index in [9.17, 15) is 14.4 Å². The van der Waals surface area contributed by atoms with E-state index in [0.717, 1.165) is 5.56 Å². The summed E-state index contributed by atoms with van der Waals surface area (Å²) in [6.07, 6.45) is 0. The van der Waals surface area contributed by atoms with Crippen molar-refractivity contribution in [1.82, 2.24) is 20.0 Å². The van der Waals surface area contributed by atoms with E-state index >= 15 is 0 Å². The second-order valence-corrected chi connectivity index (χ2v) is 9.75. The third-order valence-corrected chi connectivity index (χ3v) is 7.33. The van der Waals surface area contributed by atoms with Crippen LogP contribution in [0.15, 0.2) is 53.7 Å². The Morgan fingerprint density at radius 3 is 2.27 bits per heavy atom. The van der Waals surface area contributed by atoms with Gasteiger partial charge in [-0.3, -0.25) is 14.6 Å². The number of esters is 1. The van der Waals surface area contributed by atoms with Crippen molar-refractivity contribution in [3.05, 3.63) is 70.4 Å². The number of ether oxygens (including phenoxy) is 3. The number of carbonyl (C=O) groups is 3. The minimum Gasteiger partial charge on any atom is -0.497 e. The molecule has 0 aromatic heterocycles. The second-order valence-electron chi connectivity index (χ2n) is 9.75. The molecule has 4 rings (SSSR count). The van der Waals surface area contributed by atoms with E-state index in [2.05, 4.69) is 10.2 Å². The zero-order chi connectivity index (χ0) is 28.8. The van der Waals surface area contributed by atoms with Crippen molar-refractivity contribution in [3.8, 4) is 11.5 Å². The zero-order valence-electron chi connectivity index (χ0n) is 23.9. The van der Waals surface area contributed by atoms with Crippen molar-refractivity contribution in [2.75, 3.05) is 60.1 Å². The minimum atomic E-state index is -0.769. The number of aryl methyl sites for hydroxylation is 1. The van der Waals surface area contributed by atoms with Crippen LogP contribution in [0, 0.1) is 6.92 Å². The molecule has 0 spiro atoms. The summed E-state index contributed by atoms with van der Waals surface area (Å²) in [7, 11) is 3.10. The molecule has 0 saturated carbocycles. The fourth-order valence-electron chi connectivity index (χ4n) is 5.15. The fraction of sp³-hybridized carbons (Fsp3) is 0.433. The van der Waals surface area contributed by atoms with Crippen molar-refractivity contribution >= 4 is 17.9 Å². The Balaban J connectivity index is 1.63. The summed E-state index contributed by atoms with van der Waals surface area (Å²) in [5.74, 6) is 0.592. The minimum absolute atomic E-state index is 0.00460. The summed E-state index contributed by atoms with van der Waals surface area (Å²) in [5.41, 5.74) is 3.36. The van der Waals surface area contributed by atoms with Gasteiger partial charge in [-0.25, -0.2) is 9.59 Å². The predicted molar refractivity (Wildman–Crippen MR) is 150 cm³/mol. The Kier molecular flexibility index (Phi) is 9.31. The molecule has 2 aromatic carbocycles. The maximum atomic E-state index is 13.5. The van der Waals surface area contributed by atoms with E-state index in [4.69, 9.17) is 14.2 Å². The Morgan fingerprint density at radius 2 is 1.68 bits per heavy atom. The van der Waals surface area contributed by atoms with E-state index in [1.165, 1.54) is 7.11 Å². The van der Waals surface area contributed by atoms with Gasteiger partial charge >= 0.3 is 12.0 Å². The molecule has 0 bridgehead atoms. The van der Waals surface area contributed by atoms with Crippen molar-refractivity contribution < 1.29 is 28.6 Å². The lowest BCUT2D eigenvalue weighted by molar-refractivity contribution is -0.139. The molecule has 0 aliphatic carbocycles. The maximum absolute atomic E-state index is 13.5. The standard InChI is InChI=1S/C30H38N4O6/c1-6-34-24(19-32-14-16-33(17-15-32)28(35)21-10-8-20(3)9-11-21)26(29(36)40-7-2)27(31-30(34)37)23-13-12-22(38-4)18-25(23)39-5/h8-13,18,27H,6-7,14-17,19H2,1-5H3,(H,31,37). The Morgan fingerprint density at radius 1 is 0.975 bits per heavy atom. The largest absolute Gasteiger partial charge is 0.497 e. The smallest absolute Gasteiger partial charge is 0.338 e. The number of methoxy groups -OCH3 is 2. The average molecular weight is 551 g/mol. The molecular weight excluding hydrogens is 512 g/mol. The molecule has 214 valence electrons. The number of benzene rings is 2. The summed E-state index contributed by atoms with van der Waals surface area (Å²) in [4.78, 5) is 45.4. The number of hydrogen-bond acceptors (Lipinski definition) is 7. The summed E-state index contributed by atoms with van der Waals surface area (Å²) in [6.45, 7) is 8.85. The normalized spacial score (nSPS) is 17.9. The van der Waals surface area contributed by atoms with Gasteiger partial charge in [0.05, 0.1) is 32.4 Å². The van der Waals surface area contributed by atoms with Crippen LogP contribution in [-0.4, -0.2) is 92.7 Å². The molecule has 40 heavy (non-hydrogen) atoms. The van der Waals surface area contributed by atoms with Crippen molar-refractivity contribution in [2.45, 2.75) is 26.8 Å². The van der Waals surface area contributed by atoms with E-state index in [1.54, 1.807) is 37.1 Å². The second kappa shape index (κ2) is 12.9. The number of piperazine rings is 1. The molecule has 1 saturated heterocycles. The molecule has 2 aromatic rings. The van der Waals surface area contributed by atoms with Crippen LogP contribution in [0.1, 0.15) is 41.4 Å². The van der Waals surface area contributed by atoms with Gasteiger partial charge in [0, 0.05) is 62.2 Å². The molecule has 3 amide bonds. The van der Waals surface area contributed by atoms with Crippen LogP contribution in [0.4, 0.5) is 4.79 Å². The number of rotatable bonds is 9. The van der Waals surface area contributed by atoms with Gasteiger partial charge in [-0.15, -0.1) is 0 Å². The van der Waals surface area contributed by atoms with E-state index in [1.807, 2.05) is 43.0 Å². The molecule has 10 heteroatoms. The molecule has 1 fully saturated rings. The number of carbonyl (C=O) groups excluding carboxylic acids is 3. The van der Waals surface area contributed by atoms with E-state index in [0.29, 0.717) is 73.2 Å². The van der Waals surface area contributed by atoms with E-state index in [-0.39, 0.29) is 18.5 Å². The quantitative estimate of drug-likeness (QED) is 0.478. The van der Waals surface area contributed by atoms with Crippen LogP contribution in [-0.2, 0) is 9.53 Å². The van der Waals surface area contributed by atoms with Gasteiger partial charge in [0.15, 0.2) is 0 Å².